The van der Waals surface area contributed by atoms with Crippen LogP contribution in [-0.2, 0) is 9.53 Å². The number of benzene rings is 1. The molecule has 1 heterocycles. The van der Waals surface area contributed by atoms with Crippen LogP contribution in [0.3, 0.4) is 0 Å². The highest BCUT2D eigenvalue weighted by Gasteiger charge is 2.26. The Hall–Kier alpha value is -2.08. The molecule has 3 rings (SSSR count). The summed E-state index contributed by atoms with van der Waals surface area (Å²) in [7, 11) is 1.35. The van der Waals surface area contributed by atoms with Gasteiger partial charge in [0.25, 0.3) is 0 Å². The van der Waals surface area contributed by atoms with Gasteiger partial charge < -0.3 is 14.8 Å². The lowest BCUT2D eigenvalue weighted by Crippen LogP contribution is -2.27. The molecule has 0 aliphatic heterocycles. The zero-order valence-corrected chi connectivity index (χ0v) is 14.0. The number of thiophene rings is 1. The molecule has 1 aromatic heterocycles. The molecule has 1 aromatic carbocycles. The summed E-state index contributed by atoms with van der Waals surface area (Å²) in [6.07, 6.45) is 3.05. The highest BCUT2D eigenvalue weighted by Crippen LogP contribution is 2.40. The maximum absolute atomic E-state index is 12.1. The molecule has 0 radical (unpaired) electrons. The van der Waals surface area contributed by atoms with Gasteiger partial charge >= 0.3 is 5.97 Å². The smallest absolute Gasteiger partial charge is 0.351 e. The number of methoxy groups -OCH3 is 1. The van der Waals surface area contributed by atoms with Crippen molar-refractivity contribution < 1.29 is 19.1 Å². The van der Waals surface area contributed by atoms with Crippen LogP contribution in [0.15, 0.2) is 18.2 Å². The topological polar surface area (TPSA) is 64.6 Å². The summed E-state index contributed by atoms with van der Waals surface area (Å²) >= 11 is 1.33. The van der Waals surface area contributed by atoms with Crippen LogP contribution >= 0.6 is 11.3 Å². The number of hydrogen-bond donors (Lipinski definition) is 1. The van der Waals surface area contributed by atoms with Crippen molar-refractivity contribution in [1.82, 2.24) is 0 Å². The monoisotopic (exact) mass is 333 g/mol. The van der Waals surface area contributed by atoms with Gasteiger partial charge in [0.15, 0.2) is 10.6 Å². The van der Waals surface area contributed by atoms with Gasteiger partial charge in [-0.15, -0.1) is 11.3 Å². The summed E-state index contributed by atoms with van der Waals surface area (Å²) in [5.74, 6) is 0.316. The fraction of sp³-hybridized carbons (Fsp3) is 0.412. The summed E-state index contributed by atoms with van der Waals surface area (Å²) in [6, 6.07) is 5.61. The highest BCUT2D eigenvalue weighted by molar-refractivity contribution is 7.21. The number of carbonyl (C=O) groups is 2. The molecule has 23 heavy (non-hydrogen) atoms. The lowest BCUT2D eigenvalue weighted by Gasteiger charge is -2.24. The van der Waals surface area contributed by atoms with E-state index in [-0.39, 0.29) is 11.8 Å². The number of hydrogen-bond acceptors (Lipinski definition) is 5. The van der Waals surface area contributed by atoms with Crippen molar-refractivity contribution in [2.45, 2.75) is 26.2 Å². The van der Waals surface area contributed by atoms with E-state index in [9.17, 15) is 9.59 Å². The molecule has 1 aliphatic carbocycles. The predicted molar refractivity (Wildman–Crippen MR) is 90.3 cm³/mol. The van der Waals surface area contributed by atoms with E-state index in [0.29, 0.717) is 17.2 Å². The Morgan fingerprint density at radius 1 is 1.35 bits per heavy atom. The highest BCUT2D eigenvalue weighted by atomic mass is 32.1. The first-order valence-corrected chi connectivity index (χ1v) is 8.54. The van der Waals surface area contributed by atoms with Crippen molar-refractivity contribution in [2.75, 3.05) is 19.0 Å². The number of anilines is 1. The SMILES string of the molecule is CCOc1c(C(=O)OC)sc2ccc(NC(=O)C3CCC3)cc12. The minimum absolute atomic E-state index is 0.0666. The molecule has 0 unspecified atom stereocenters. The Labute approximate surface area is 138 Å². The van der Waals surface area contributed by atoms with Crippen molar-refractivity contribution in [3.8, 4) is 5.75 Å². The normalized spacial score (nSPS) is 14.3. The molecule has 122 valence electrons. The number of ether oxygens (including phenoxy) is 2. The lowest BCUT2D eigenvalue weighted by atomic mass is 9.85. The minimum Gasteiger partial charge on any atom is -0.491 e. The average molecular weight is 333 g/mol. The molecule has 6 heteroatoms. The van der Waals surface area contributed by atoms with E-state index in [2.05, 4.69) is 5.32 Å². The molecule has 0 saturated heterocycles. The first-order chi connectivity index (χ1) is 11.1. The molecule has 2 aromatic rings. The second-order valence-electron chi connectivity index (χ2n) is 5.51. The van der Waals surface area contributed by atoms with Crippen LogP contribution in [0.4, 0.5) is 5.69 Å². The van der Waals surface area contributed by atoms with Gasteiger partial charge in [-0.25, -0.2) is 4.79 Å². The van der Waals surface area contributed by atoms with Gasteiger partial charge in [-0.3, -0.25) is 4.79 Å². The van der Waals surface area contributed by atoms with E-state index >= 15 is 0 Å². The molecule has 5 nitrogen and oxygen atoms in total. The van der Waals surface area contributed by atoms with Crippen LogP contribution in [-0.4, -0.2) is 25.6 Å². The van der Waals surface area contributed by atoms with E-state index in [0.717, 1.165) is 35.0 Å². The number of esters is 1. The molecular weight excluding hydrogens is 314 g/mol. The van der Waals surface area contributed by atoms with Crippen molar-refractivity contribution in [2.24, 2.45) is 5.92 Å². The van der Waals surface area contributed by atoms with E-state index in [4.69, 9.17) is 9.47 Å². The van der Waals surface area contributed by atoms with E-state index in [1.807, 2.05) is 25.1 Å². The summed E-state index contributed by atoms with van der Waals surface area (Å²) in [5, 5.41) is 3.77. The van der Waals surface area contributed by atoms with Gasteiger partial charge in [-0.1, -0.05) is 6.42 Å². The standard InChI is InChI=1S/C17H19NO4S/c1-3-22-14-12-9-11(18-16(19)10-5-4-6-10)7-8-13(12)23-15(14)17(20)21-2/h7-10H,3-6H2,1-2H3,(H,18,19). The van der Waals surface area contributed by atoms with Crippen molar-refractivity contribution >= 4 is 39.0 Å². The van der Waals surface area contributed by atoms with Gasteiger partial charge in [-0.05, 0) is 38.0 Å². The van der Waals surface area contributed by atoms with Crippen LogP contribution in [0, 0.1) is 5.92 Å². The number of rotatable bonds is 5. The molecule has 0 bridgehead atoms. The Kier molecular flexibility index (Phi) is 4.52. The van der Waals surface area contributed by atoms with E-state index in [1.165, 1.54) is 18.4 Å². The Balaban J connectivity index is 1.95. The van der Waals surface area contributed by atoms with Gasteiger partial charge in [0.1, 0.15) is 0 Å². The summed E-state index contributed by atoms with van der Waals surface area (Å²) in [6.45, 7) is 2.32. The fourth-order valence-electron chi connectivity index (χ4n) is 2.58. The third-order valence-electron chi connectivity index (χ3n) is 4.05. The van der Waals surface area contributed by atoms with Crippen LogP contribution < -0.4 is 10.1 Å². The van der Waals surface area contributed by atoms with Gasteiger partial charge in [0, 0.05) is 21.7 Å². The van der Waals surface area contributed by atoms with Gasteiger partial charge in [0.05, 0.1) is 13.7 Å². The van der Waals surface area contributed by atoms with Crippen molar-refractivity contribution in [3.63, 3.8) is 0 Å². The van der Waals surface area contributed by atoms with Crippen LogP contribution in [0.5, 0.6) is 5.75 Å². The first kappa shape index (κ1) is 15.8. The largest absolute Gasteiger partial charge is 0.491 e. The molecule has 1 fully saturated rings. The Morgan fingerprint density at radius 2 is 2.13 bits per heavy atom. The first-order valence-electron chi connectivity index (χ1n) is 7.72. The molecule has 0 spiro atoms. The molecule has 1 aliphatic rings. The fourth-order valence-corrected chi connectivity index (χ4v) is 3.63. The van der Waals surface area contributed by atoms with Crippen LogP contribution in [0.1, 0.15) is 35.9 Å². The Bertz CT molecular complexity index is 748. The average Bonchev–Trinajstić information content (AvgIpc) is 2.83. The maximum atomic E-state index is 12.1. The quantitative estimate of drug-likeness (QED) is 0.845. The number of amides is 1. The maximum Gasteiger partial charge on any atom is 0.351 e. The Morgan fingerprint density at radius 3 is 2.74 bits per heavy atom. The van der Waals surface area contributed by atoms with Crippen molar-refractivity contribution in [1.29, 1.82) is 0 Å². The second-order valence-corrected chi connectivity index (χ2v) is 6.57. The number of carbonyl (C=O) groups excluding carboxylic acids is 2. The van der Waals surface area contributed by atoms with E-state index in [1.54, 1.807) is 0 Å². The third kappa shape index (κ3) is 3.03. The second kappa shape index (κ2) is 6.58. The number of fused-ring (bicyclic) bond motifs is 1. The van der Waals surface area contributed by atoms with E-state index < -0.39 is 5.97 Å². The molecule has 1 N–H and O–H groups in total. The molecule has 0 atom stereocenters. The van der Waals surface area contributed by atoms with Crippen molar-refractivity contribution in [3.05, 3.63) is 23.1 Å². The van der Waals surface area contributed by atoms with Gasteiger partial charge in [0.2, 0.25) is 5.91 Å². The summed E-state index contributed by atoms with van der Waals surface area (Å²) in [4.78, 5) is 24.5. The lowest BCUT2D eigenvalue weighted by molar-refractivity contribution is -0.122. The third-order valence-corrected chi connectivity index (χ3v) is 5.18. The molecule has 1 saturated carbocycles. The molecule has 1 amide bonds. The molecular formula is C17H19NO4S. The van der Waals surface area contributed by atoms with Crippen LogP contribution in [0.25, 0.3) is 10.1 Å². The zero-order chi connectivity index (χ0) is 16.4. The summed E-state index contributed by atoms with van der Waals surface area (Å²) < 4.78 is 11.4. The number of nitrogens with one attached hydrogen (secondary N) is 1. The summed E-state index contributed by atoms with van der Waals surface area (Å²) in [5.41, 5.74) is 0.726. The minimum atomic E-state index is -0.408. The zero-order valence-electron chi connectivity index (χ0n) is 13.2. The predicted octanol–water partition coefficient (Wildman–Crippen LogP) is 3.83. The van der Waals surface area contributed by atoms with Gasteiger partial charge in [-0.2, -0.15) is 0 Å². The van der Waals surface area contributed by atoms with Crippen LogP contribution in [0.2, 0.25) is 0 Å².